The zero-order valence-corrected chi connectivity index (χ0v) is 14.1. The van der Waals surface area contributed by atoms with Crippen LogP contribution in [-0.2, 0) is 4.79 Å². The van der Waals surface area contributed by atoms with Crippen molar-refractivity contribution in [3.05, 3.63) is 29.8 Å². The highest BCUT2D eigenvalue weighted by molar-refractivity contribution is 5.76. The maximum atomic E-state index is 11.8. The fourth-order valence-corrected chi connectivity index (χ4v) is 3.09. The maximum Gasteiger partial charge on any atom is 0.222 e. The Hall–Kier alpha value is -1.55. The zero-order valence-electron chi connectivity index (χ0n) is 14.1. The molecule has 1 N–H and O–H groups in total. The van der Waals surface area contributed by atoms with E-state index < -0.39 is 0 Å². The molecule has 1 amide bonds. The summed E-state index contributed by atoms with van der Waals surface area (Å²) in [7, 11) is 1.69. The van der Waals surface area contributed by atoms with E-state index in [4.69, 9.17) is 4.74 Å². The average Bonchev–Trinajstić information content (AvgIpc) is 3.00. The molecule has 0 bridgehead atoms. The Morgan fingerprint density at radius 3 is 2.59 bits per heavy atom. The van der Waals surface area contributed by atoms with E-state index in [-0.39, 0.29) is 5.91 Å². The molecule has 2 atom stereocenters. The molecule has 0 aliphatic carbocycles. The summed E-state index contributed by atoms with van der Waals surface area (Å²) in [4.78, 5) is 13.8. The molecule has 0 radical (unpaired) electrons. The minimum Gasteiger partial charge on any atom is -0.497 e. The molecule has 1 aromatic carbocycles. The van der Waals surface area contributed by atoms with Crippen LogP contribution in [0.15, 0.2) is 24.3 Å². The molecule has 22 heavy (non-hydrogen) atoms. The normalized spacial score (nSPS) is 19.5. The number of ether oxygens (including phenoxy) is 1. The first-order valence-electron chi connectivity index (χ1n) is 8.23. The summed E-state index contributed by atoms with van der Waals surface area (Å²) >= 11 is 0. The quantitative estimate of drug-likeness (QED) is 0.878. The molecule has 1 aromatic rings. The van der Waals surface area contributed by atoms with Gasteiger partial charge in [-0.25, -0.2) is 0 Å². The number of benzene rings is 1. The van der Waals surface area contributed by atoms with Crippen LogP contribution in [0, 0.1) is 5.92 Å². The Labute approximate surface area is 133 Å². The summed E-state index contributed by atoms with van der Waals surface area (Å²) in [5.41, 5.74) is 1.27. The highest BCUT2D eigenvalue weighted by Crippen LogP contribution is 2.26. The minimum atomic E-state index is 0.259. The number of hydrogen-bond donors (Lipinski definition) is 1. The SMILES string of the molecule is CCC(=O)N1CC[C@@H](N[C@@H](c2ccc(OC)cc2)C(C)C)C1. The lowest BCUT2D eigenvalue weighted by atomic mass is 9.95. The summed E-state index contributed by atoms with van der Waals surface area (Å²) in [6.45, 7) is 8.08. The number of methoxy groups -OCH3 is 1. The third-order valence-electron chi connectivity index (χ3n) is 4.40. The van der Waals surface area contributed by atoms with Crippen molar-refractivity contribution in [3.8, 4) is 5.75 Å². The van der Waals surface area contributed by atoms with E-state index in [0.29, 0.717) is 24.4 Å². The second-order valence-electron chi connectivity index (χ2n) is 6.34. The highest BCUT2D eigenvalue weighted by Gasteiger charge is 2.28. The van der Waals surface area contributed by atoms with Gasteiger partial charge in [0, 0.05) is 31.6 Å². The van der Waals surface area contributed by atoms with Crippen molar-refractivity contribution >= 4 is 5.91 Å². The second kappa shape index (κ2) is 7.63. The molecule has 2 rings (SSSR count). The molecule has 0 unspecified atom stereocenters. The monoisotopic (exact) mass is 304 g/mol. The average molecular weight is 304 g/mol. The zero-order chi connectivity index (χ0) is 16.1. The molecule has 122 valence electrons. The van der Waals surface area contributed by atoms with Crippen LogP contribution < -0.4 is 10.1 Å². The van der Waals surface area contributed by atoms with Gasteiger partial charge in [0.15, 0.2) is 0 Å². The molecule has 1 aliphatic rings. The Bertz CT molecular complexity index is 484. The number of rotatable bonds is 6. The van der Waals surface area contributed by atoms with E-state index in [1.54, 1.807) is 7.11 Å². The van der Waals surface area contributed by atoms with Gasteiger partial charge in [-0.05, 0) is 30.0 Å². The summed E-state index contributed by atoms with van der Waals surface area (Å²) in [6, 6.07) is 8.94. The van der Waals surface area contributed by atoms with E-state index in [9.17, 15) is 4.79 Å². The van der Waals surface area contributed by atoms with E-state index in [2.05, 4.69) is 31.3 Å². The van der Waals surface area contributed by atoms with Crippen LogP contribution in [0.2, 0.25) is 0 Å². The van der Waals surface area contributed by atoms with Crippen molar-refractivity contribution in [2.24, 2.45) is 5.92 Å². The van der Waals surface area contributed by atoms with Crippen LogP contribution >= 0.6 is 0 Å². The van der Waals surface area contributed by atoms with E-state index >= 15 is 0 Å². The van der Waals surface area contributed by atoms with Gasteiger partial charge in [0.1, 0.15) is 5.75 Å². The standard InChI is InChI=1S/C18H28N2O2/c1-5-17(21)20-11-10-15(12-20)19-18(13(2)3)14-6-8-16(22-4)9-7-14/h6-9,13,15,18-19H,5,10-12H2,1-4H3/t15-,18-/m1/s1. The first kappa shape index (κ1) is 16.8. The van der Waals surface area contributed by atoms with Crippen molar-refractivity contribution in [2.45, 2.75) is 45.7 Å². The number of carbonyl (C=O) groups is 1. The van der Waals surface area contributed by atoms with E-state index in [1.807, 2.05) is 24.0 Å². The van der Waals surface area contributed by atoms with Crippen LogP contribution in [0.3, 0.4) is 0 Å². The van der Waals surface area contributed by atoms with Gasteiger partial charge in [-0.3, -0.25) is 4.79 Å². The number of likely N-dealkylation sites (tertiary alicyclic amines) is 1. The molecule has 4 heteroatoms. The van der Waals surface area contributed by atoms with Crippen molar-refractivity contribution in [3.63, 3.8) is 0 Å². The number of nitrogens with zero attached hydrogens (tertiary/aromatic N) is 1. The third kappa shape index (κ3) is 4.01. The van der Waals surface area contributed by atoms with Crippen LogP contribution in [0.25, 0.3) is 0 Å². The van der Waals surface area contributed by atoms with E-state index in [0.717, 1.165) is 25.3 Å². The topological polar surface area (TPSA) is 41.6 Å². The van der Waals surface area contributed by atoms with Gasteiger partial charge < -0.3 is 15.0 Å². The van der Waals surface area contributed by atoms with Crippen LogP contribution in [0.5, 0.6) is 5.75 Å². The Balaban J connectivity index is 2.02. The van der Waals surface area contributed by atoms with Crippen molar-refractivity contribution in [2.75, 3.05) is 20.2 Å². The van der Waals surface area contributed by atoms with Crippen LogP contribution in [0.1, 0.15) is 45.2 Å². The number of hydrogen-bond acceptors (Lipinski definition) is 3. The Morgan fingerprint density at radius 1 is 1.36 bits per heavy atom. The number of carbonyl (C=O) groups excluding carboxylic acids is 1. The van der Waals surface area contributed by atoms with Gasteiger partial charge >= 0.3 is 0 Å². The Kier molecular flexibility index (Phi) is 5.83. The molecule has 0 aromatic heterocycles. The summed E-state index contributed by atoms with van der Waals surface area (Å²) in [5, 5.41) is 3.74. The largest absolute Gasteiger partial charge is 0.497 e. The lowest BCUT2D eigenvalue weighted by Crippen LogP contribution is -2.38. The van der Waals surface area contributed by atoms with Crippen molar-refractivity contribution < 1.29 is 9.53 Å². The fourth-order valence-electron chi connectivity index (χ4n) is 3.09. The molecule has 1 aliphatic heterocycles. The number of nitrogens with one attached hydrogen (secondary N) is 1. The molecular formula is C18H28N2O2. The van der Waals surface area contributed by atoms with Gasteiger partial charge in [-0.1, -0.05) is 32.9 Å². The smallest absolute Gasteiger partial charge is 0.222 e. The van der Waals surface area contributed by atoms with Crippen molar-refractivity contribution in [1.29, 1.82) is 0 Å². The molecule has 1 saturated heterocycles. The predicted octanol–water partition coefficient (Wildman–Crippen LogP) is 2.99. The van der Waals surface area contributed by atoms with E-state index in [1.165, 1.54) is 5.56 Å². The minimum absolute atomic E-state index is 0.259. The summed E-state index contributed by atoms with van der Waals surface area (Å²) in [6.07, 6.45) is 1.63. The molecule has 4 nitrogen and oxygen atoms in total. The molecule has 0 spiro atoms. The van der Waals surface area contributed by atoms with Gasteiger partial charge in [0.25, 0.3) is 0 Å². The van der Waals surface area contributed by atoms with Gasteiger partial charge in [-0.15, -0.1) is 0 Å². The van der Waals surface area contributed by atoms with Crippen LogP contribution in [0.4, 0.5) is 0 Å². The first-order valence-corrected chi connectivity index (χ1v) is 8.23. The first-order chi connectivity index (χ1) is 10.5. The summed E-state index contributed by atoms with van der Waals surface area (Å²) in [5.74, 6) is 1.63. The van der Waals surface area contributed by atoms with Gasteiger partial charge in [-0.2, -0.15) is 0 Å². The molecular weight excluding hydrogens is 276 g/mol. The maximum absolute atomic E-state index is 11.8. The fraction of sp³-hybridized carbons (Fsp3) is 0.611. The number of amides is 1. The lowest BCUT2D eigenvalue weighted by molar-refractivity contribution is -0.129. The molecule has 0 saturated carbocycles. The lowest BCUT2D eigenvalue weighted by Gasteiger charge is -2.27. The third-order valence-corrected chi connectivity index (χ3v) is 4.40. The molecule has 1 heterocycles. The molecule has 1 fully saturated rings. The van der Waals surface area contributed by atoms with Gasteiger partial charge in [0.2, 0.25) is 5.91 Å². The van der Waals surface area contributed by atoms with Crippen LogP contribution in [-0.4, -0.2) is 37.0 Å². The van der Waals surface area contributed by atoms with Crippen molar-refractivity contribution in [1.82, 2.24) is 10.2 Å². The van der Waals surface area contributed by atoms with Gasteiger partial charge in [0.05, 0.1) is 7.11 Å². The Morgan fingerprint density at radius 2 is 2.05 bits per heavy atom. The summed E-state index contributed by atoms with van der Waals surface area (Å²) < 4.78 is 5.23. The predicted molar refractivity (Wildman–Crippen MR) is 89.0 cm³/mol. The highest BCUT2D eigenvalue weighted by atomic mass is 16.5. The second-order valence-corrected chi connectivity index (χ2v) is 6.34.